The van der Waals surface area contributed by atoms with Gasteiger partial charge in [0.15, 0.2) is 5.16 Å². The fourth-order valence-electron chi connectivity index (χ4n) is 2.17. The van der Waals surface area contributed by atoms with Crippen LogP contribution in [0.4, 0.5) is 5.82 Å². The molecule has 1 aromatic carbocycles. The zero-order valence-corrected chi connectivity index (χ0v) is 15.8. The second kappa shape index (κ2) is 7.65. The van der Waals surface area contributed by atoms with Crippen LogP contribution in [0.25, 0.3) is 11.1 Å². The Morgan fingerprint density at radius 1 is 1.12 bits per heavy atom. The normalized spacial score (nSPS) is 11.0. The second-order valence-electron chi connectivity index (χ2n) is 4.86. The minimum Gasteiger partial charge on any atom is -0.383 e. The van der Waals surface area contributed by atoms with Crippen molar-refractivity contribution in [2.24, 2.45) is 0 Å². The van der Waals surface area contributed by atoms with Gasteiger partial charge in [-0.15, -0.1) is 5.10 Å². The summed E-state index contributed by atoms with van der Waals surface area (Å²) in [5, 5.41) is 5.27. The molecule has 0 radical (unpaired) electrons. The zero-order chi connectivity index (χ0) is 17.1. The quantitative estimate of drug-likeness (QED) is 0.494. The Hall–Kier alpha value is -1.41. The number of nitrogens with two attached hydrogens (primary N) is 1. The van der Waals surface area contributed by atoms with Gasteiger partial charge in [0, 0.05) is 27.9 Å². The Morgan fingerprint density at radius 3 is 2.50 bits per heavy atom. The molecule has 0 aliphatic heterocycles. The lowest BCUT2D eigenvalue weighted by Crippen LogP contribution is -2.04. The first-order chi connectivity index (χ1) is 11.6. The van der Waals surface area contributed by atoms with Crippen molar-refractivity contribution in [3.05, 3.63) is 45.0 Å². The number of halogens is 2. The molecule has 2 heterocycles. The molecule has 124 valence electrons. The van der Waals surface area contributed by atoms with Crippen molar-refractivity contribution in [1.29, 1.82) is 0 Å². The van der Waals surface area contributed by atoms with E-state index >= 15 is 0 Å². The van der Waals surface area contributed by atoms with Crippen molar-refractivity contribution in [3.63, 3.8) is 0 Å². The molecule has 0 unspecified atom stereocenters. The SMILES string of the molecule is CCc1nc(SCc2nnsc2Cl)nc(N)c1-c1ccc(Cl)cc1. The van der Waals surface area contributed by atoms with E-state index in [0.717, 1.165) is 28.9 Å². The molecule has 0 fully saturated rings. The number of aryl methyl sites for hydroxylation is 1. The smallest absolute Gasteiger partial charge is 0.190 e. The number of nitrogens with zero attached hydrogens (tertiary/aromatic N) is 4. The maximum absolute atomic E-state index is 6.20. The summed E-state index contributed by atoms with van der Waals surface area (Å²) in [5.41, 5.74) is 9.63. The van der Waals surface area contributed by atoms with Gasteiger partial charge in [0.1, 0.15) is 15.8 Å². The first-order valence-electron chi connectivity index (χ1n) is 7.10. The van der Waals surface area contributed by atoms with Gasteiger partial charge in [-0.3, -0.25) is 0 Å². The van der Waals surface area contributed by atoms with E-state index in [-0.39, 0.29) is 0 Å². The summed E-state index contributed by atoms with van der Waals surface area (Å²) in [6, 6.07) is 7.50. The fraction of sp³-hybridized carbons (Fsp3) is 0.200. The number of anilines is 1. The molecule has 0 spiro atoms. The predicted molar refractivity (Wildman–Crippen MR) is 101 cm³/mol. The predicted octanol–water partition coefficient (Wildman–Crippen LogP) is 4.74. The molecule has 24 heavy (non-hydrogen) atoms. The molecule has 3 aromatic rings. The van der Waals surface area contributed by atoms with E-state index in [1.165, 1.54) is 23.3 Å². The highest BCUT2D eigenvalue weighted by molar-refractivity contribution is 7.98. The summed E-state index contributed by atoms with van der Waals surface area (Å²) >= 11 is 14.6. The van der Waals surface area contributed by atoms with E-state index in [1.807, 2.05) is 31.2 Å². The van der Waals surface area contributed by atoms with Crippen LogP contribution in [0.3, 0.4) is 0 Å². The summed E-state index contributed by atoms with van der Waals surface area (Å²) in [7, 11) is 0. The van der Waals surface area contributed by atoms with E-state index in [9.17, 15) is 0 Å². The topological polar surface area (TPSA) is 77.6 Å². The summed E-state index contributed by atoms with van der Waals surface area (Å²) < 4.78 is 4.40. The number of benzene rings is 1. The van der Waals surface area contributed by atoms with Gasteiger partial charge >= 0.3 is 0 Å². The van der Waals surface area contributed by atoms with Crippen LogP contribution in [-0.2, 0) is 12.2 Å². The van der Waals surface area contributed by atoms with Gasteiger partial charge < -0.3 is 5.73 Å². The molecule has 9 heteroatoms. The van der Waals surface area contributed by atoms with Crippen LogP contribution in [-0.4, -0.2) is 19.6 Å². The van der Waals surface area contributed by atoms with Crippen LogP contribution in [0.1, 0.15) is 18.3 Å². The molecule has 0 bridgehead atoms. The van der Waals surface area contributed by atoms with Crippen LogP contribution in [0, 0.1) is 0 Å². The fourth-order valence-corrected chi connectivity index (χ4v) is 3.90. The average molecular weight is 398 g/mol. The summed E-state index contributed by atoms with van der Waals surface area (Å²) in [4.78, 5) is 9.05. The van der Waals surface area contributed by atoms with Crippen molar-refractivity contribution in [2.45, 2.75) is 24.3 Å². The lowest BCUT2D eigenvalue weighted by atomic mass is 10.0. The number of hydrogen-bond acceptors (Lipinski definition) is 7. The lowest BCUT2D eigenvalue weighted by Gasteiger charge is -2.12. The molecule has 0 saturated carbocycles. The minimum absolute atomic E-state index is 0.453. The second-order valence-corrected chi connectivity index (χ2v) is 7.59. The van der Waals surface area contributed by atoms with Gasteiger partial charge in [-0.2, -0.15) is 0 Å². The minimum atomic E-state index is 0.453. The molecule has 5 nitrogen and oxygen atoms in total. The Bertz CT molecular complexity index is 852. The molecule has 3 rings (SSSR count). The van der Waals surface area contributed by atoms with Gasteiger partial charge in [-0.1, -0.05) is 58.5 Å². The van der Waals surface area contributed by atoms with Crippen molar-refractivity contribution >= 4 is 52.3 Å². The molecule has 0 atom stereocenters. The molecule has 0 saturated heterocycles. The largest absolute Gasteiger partial charge is 0.383 e. The van der Waals surface area contributed by atoms with Crippen LogP contribution in [0.15, 0.2) is 29.4 Å². The Balaban J connectivity index is 1.90. The maximum atomic E-state index is 6.20. The first-order valence-corrected chi connectivity index (χ1v) is 9.61. The lowest BCUT2D eigenvalue weighted by molar-refractivity contribution is 0.899. The zero-order valence-electron chi connectivity index (χ0n) is 12.7. The highest BCUT2D eigenvalue weighted by Crippen LogP contribution is 2.32. The van der Waals surface area contributed by atoms with E-state index in [2.05, 4.69) is 19.6 Å². The number of rotatable bonds is 5. The summed E-state index contributed by atoms with van der Waals surface area (Å²) in [6.07, 6.45) is 0.747. The van der Waals surface area contributed by atoms with E-state index in [4.69, 9.17) is 28.9 Å². The van der Waals surface area contributed by atoms with Crippen LogP contribution < -0.4 is 5.73 Å². The monoisotopic (exact) mass is 397 g/mol. The number of hydrogen-bond donors (Lipinski definition) is 1. The van der Waals surface area contributed by atoms with Gasteiger partial charge in [0.2, 0.25) is 0 Å². The third-order valence-corrected chi connectivity index (χ3v) is 5.40. The van der Waals surface area contributed by atoms with Crippen LogP contribution in [0.5, 0.6) is 0 Å². The summed E-state index contributed by atoms with van der Waals surface area (Å²) in [6.45, 7) is 2.04. The van der Waals surface area contributed by atoms with Gasteiger partial charge in [-0.25, -0.2) is 9.97 Å². The molecule has 2 N–H and O–H groups in total. The highest BCUT2D eigenvalue weighted by atomic mass is 35.5. The Kier molecular flexibility index (Phi) is 5.55. The third kappa shape index (κ3) is 3.80. The molecule has 0 amide bonds. The first kappa shape index (κ1) is 17.4. The number of nitrogen functional groups attached to an aromatic ring is 1. The van der Waals surface area contributed by atoms with Crippen molar-refractivity contribution in [1.82, 2.24) is 19.6 Å². The van der Waals surface area contributed by atoms with Crippen LogP contribution >= 0.6 is 46.5 Å². The molecule has 2 aromatic heterocycles. The third-order valence-electron chi connectivity index (χ3n) is 3.31. The van der Waals surface area contributed by atoms with Crippen molar-refractivity contribution < 1.29 is 0 Å². The van der Waals surface area contributed by atoms with E-state index in [0.29, 0.717) is 26.1 Å². The highest BCUT2D eigenvalue weighted by Gasteiger charge is 2.15. The maximum Gasteiger partial charge on any atom is 0.190 e. The molecule has 0 aliphatic rings. The summed E-state index contributed by atoms with van der Waals surface area (Å²) in [5.74, 6) is 1.01. The van der Waals surface area contributed by atoms with Crippen LogP contribution in [0.2, 0.25) is 9.36 Å². The van der Waals surface area contributed by atoms with Gasteiger partial charge in [0.25, 0.3) is 0 Å². The van der Waals surface area contributed by atoms with E-state index < -0.39 is 0 Å². The number of aromatic nitrogens is 4. The van der Waals surface area contributed by atoms with Crippen molar-refractivity contribution in [3.8, 4) is 11.1 Å². The van der Waals surface area contributed by atoms with Gasteiger partial charge in [-0.05, 0) is 24.1 Å². The Labute approximate surface area is 157 Å². The molecule has 0 aliphatic carbocycles. The standard InChI is InChI=1S/C15H13Cl2N5S2/c1-2-10-12(8-3-5-9(16)6-4-8)14(18)20-15(19-10)23-7-11-13(17)24-22-21-11/h3-6H,2,7H2,1H3,(H2,18,19,20). The molecular weight excluding hydrogens is 385 g/mol. The average Bonchev–Trinajstić information content (AvgIpc) is 2.98. The Morgan fingerprint density at radius 2 is 1.88 bits per heavy atom. The number of thioether (sulfide) groups is 1. The van der Waals surface area contributed by atoms with Crippen molar-refractivity contribution in [2.75, 3.05) is 5.73 Å². The van der Waals surface area contributed by atoms with Gasteiger partial charge in [0.05, 0.1) is 5.69 Å². The molecular formula is C15H13Cl2N5S2. The van der Waals surface area contributed by atoms with E-state index in [1.54, 1.807) is 0 Å².